The maximum absolute atomic E-state index is 12.6. The molecule has 0 aromatic heterocycles. The van der Waals surface area contributed by atoms with Crippen molar-refractivity contribution in [2.75, 3.05) is 31.1 Å². The number of nitrogens with zero attached hydrogens (tertiary/aromatic N) is 2. The molecule has 1 aliphatic rings. The SMILES string of the molecule is CCOC(=O)c1ccc(N2CCN(CCc3ccccc3)C2=O)cc1. The highest BCUT2D eigenvalue weighted by atomic mass is 16.5. The zero-order valence-electron chi connectivity index (χ0n) is 14.4. The van der Waals surface area contributed by atoms with Gasteiger partial charge in [-0.15, -0.1) is 0 Å². The topological polar surface area (TPSA) is 49.9 Å². The van der Waals surface area contributed by atoms with Crippen LogP contribution in [0.3, 0.4) is 0 Å². The molecule has 130 valence electrons. The molecule has 5 nitrogen and oxygen atoms in total. The number of carbonyl (C=O) groups is 2. The first-order valence-electron chi connectivity index (χ1n) is 8.56. The third-order valence-electron chi connectivity index (χ3n) is 4.30. The minimum absolute atomic E-state index is 0.0137. The van der Waals surface area contributed by atoms with E-state index in [1.807, 2.05) is 23.1 Å². The van der Waals surface area contributed by atoms with Crippen LogP contribution in [-0.4, -0.2) is 43.1 Å². The largest absolute Gasteiger partial charge is 0.462 e. The van der Waals surface area contributed by atoms with Gasteiger partial charge in [0.05, 0.1) is 12.2 Å². The molecule has 0 spiro atoms. The van der Waals surface area contributed by atoms with Crippen molar-refractivity contribution in [2.45, 2.75) is 13.3 Å². The smallest absolute Gasteiger partial charge is 0.338 e. The fourth-order valence-corrected chi connectivity index (χ4v) is 2.93. The van der Waals surface area contributed by atoms with E-state index in [0.717, 1.165) is 12.1 Å². The predicted octanol–water partition coefficient (Wildman–Crippen LogP) is 3.35. The first kappa shape index (κ1) is 17.0. The van der Waals surface area contributed by atoms with Gasteiger partial charge >= 0.3 is 12.0 Å². The Kier molecular flexibility index (Phi) is 5.33. The Bertz CT molecular complexity index is 728. The molecule has 3 rings (SSSR count). The van der Waals surface area contributed by atoms with Crippen LogP contribution in [0, 0.1) is 0 Å². The summed E-state index contributed by atoms with van der Waals surface area (Å²) in [6.07, 6.45) is 0.849. The van der Waals surface area contributed by atoms with Crippen LogP contribution in [0.1, 0.15) is 22.8 Å². The lowest BCUT2D eigenvalue weighted by molar-refractivity contribution is 0.0526. The molecule has 0 bridgehead atoms. The molecule has 1 aliphatic heterocycles. The molecule has 0 aliphatic carbocycles. The summed E-state index contributed by atoms with van der Waals surface area (Å²) in [6.45, 7) is 4.21. The lowest BCUT2D eigenvalue weighted by Gasteiger charge is -2.19. The summed E-state index contributed by atoms with van der Waals surface area (Å²) in [5, 5.41) is 0. The Hall–Kier alpha value is -2.82. The zero-order chi connectivity index (χ0) is 17.6. The molecule has 0 saturated carbocycles. The molecule has 25 heavy (non-hydrogen) atoms. The van der Waals surface area contributed by atoms with Crippen LogP contribution in [0.5, 0.6) is 0 Å². The van der Waals surface area contributed by atoms with Crippen LogP contribution in [0.4, 0.5) is 10.5 Å². The predicted molar refractivity (Wildman–Crippen MR) is 96.9 cm³/mol. The maximum Gasteiger partial charge on any atom is 0.338 e. The summed E-state index contributed by atoms with van der Waals surface area (Å²) in [7, 11) is 0. The summed E-state index contributed by atoms with van der Waals surface area (Å²) in [4.78, 5) is 27.9. The highest BCUT2D eigenvalue weighted by Crippen LogP contribution is 2.21. The minimum Gasteiger partial charge on any atom is -0.462 e. The summed E-state index contributed by atoms with van der Waals surface area (Å²) in [5.74, 6) is -0.341. The molecule has 2 aromatic carbocycles. The van der Waals surface area contributed by atoms with Crippen molar-refractivity contribution in [2.24, 2.45) is 0 Å². The molecule has 0 N–H and O–H groups in total. The third kappa shape index (κ3) is 3.99. The van der Waals surface area contributed by atoms with E-state index in [1.54, 1.807) is 36.1 Å². The standard InChI is InChI=1S/C20H22N2O3/c1-2-25-19(23)17-8-10-18(11-9-17)22-15-14-21(20(22)24)13-12-16-6-4-3-5-7-16/h3-11H,2,12-15H2,1H3. The van der Waals surface area contributed by atoms with Gasteiger partial charge in [-0.1, -0.05) is 30.3 Å². The van der Waals surface area contributed by atoms with Crippen LogP contribution in [0.15, 0.2) is 54.6 Å². The number of benzene rings is 2. The van der Waals surface area contributed by atoms with Gasteiger partial charge in [0.1, 0.15) is 0 Å². The third-order valence-corrected chi connectivity index (χ3v) is 4.30. The van der Waals surface area contributed by atoms with Crippen molar-refractivity contribution >= 4 is 17.7 Å². The quantitative estimate of drug-likeness (QED) is 0.759. The molecule has 0 radical (unpaired) electrons. The number of carbonyl (C=O) groups excluding carboxylic acids is 2. The molecule has 0 atom stereocenters. The molecule has 2 amide bonds. The molecule has 1 saturated heterocycles. The second-order valence-electron chi connectivity index (χ2n) is 5.92. The van der Waals surface area contributed by atoms with Crippen molar-refractivity contribution in [3.8, 4) is 0 Å². The normalized spacial score (nSPS) is 14.0. The van der Waals surface area contributed by atoms with E-state index in [9.17, 15) is 9.59 Å². The van der Waals surface area contributed by atoms with Gasteiger partial charge in [0.15, 0.2) is 0 Å². The van der Waals surface area contributed by atoms with Gasteiger partial charge in [-0.25, -0.2) is 9.59 Å². The lowest BCUT2D eigenvalue weighted by Crippen LogP contribution is -2.33. The Morgan fingerprint density at radius 1 is 1.04 bits per heavy atom. The molecular formula is C20H22N2O3. The van der Waals surface area contributed by atoms with Crippen molar-refractivity contribution in [3.05, 3.63) is 65.7 Å². The summed E-state index contributed by atoms with van der Waals surface area (Å²) in [5.41, 5.74) is 2.53. The van der Waals surface area contributed by atoms with E-state index in [0.29, 0.717) is 31.8 Å². The number of hydrogen-bond donors (Lipinski definition) is 0. The fourth-order valence-electron chi connectivity index (χ4n) is 2.93. The Balaban J connectivity index is 1.60. The number of hydrogen-bond acceptors (Lipinski definition) is 3. The van der Waals surface area contributed by atoms with Crippen LogP contribution in [0.2, 0.25) is 0 Å². The van der Waals surface area contributed by atoms with Crippen LogP contribution < -0.4 is 4.90 Å². The molecule has 1 fully saturated rings. The van der Waals surface area contributed by atoms with Crippen LogP contribution in [-0.2, 0) is 11.2 Å². The van der Waals surface area contributed by atoms with Gasteiger partial charge in [-0.2, -0.15) is 0 Å². The van der Waals surface area contributed by atoms with Crippen LogP contribution in [0.25, 0.3) is 0 Å². The van der Waals surface area contributed by atoms with Gasteiger partial charge in [0.2, 0.25) is 0 Å². The van der Waals surface area contributed by atoms with E-state index < -0.39 is 0 Å². The Morgan fingerprint density at radius 2 is 1.76 bits per heavy atom. The first-order chi connectivity index (χ1) is 12.2. The number of ether oxygens (including phenoxy) is 1. The van der Waals surface area contributed by atoms with Crippen molar-refractivity contribution in [1.29, 1.82) is 0 Å². The van der Waals surface area contributed by atoms with E-state index in [1.165, 1.54) is 5.56 Å². The van der Waals surface area contributed by atoms with Crippen molar-refractivity contribution in [3.63, 3.8) is 0 Å². The molecule has 2 aromatic rings. The first-order valence-corrected chi connectivity index (χ1v) is 8.56. The van der Waals surface area contributed by atoms with Crippen molar-refractivity contribution < 1.29 is 14.3 Å². The Labute approximate surface area is 147 Å². The fraction of sp³-hybridized carbons (Fsp3) is 0.300. The van der Waals surface area contributed by atoms with Crippen LogP contribution >= 0.6 is 0 Å². The second kappa shape index (κ2) is 7.83. The zero-order valence-corrected chi connectivity index (χ0v) is 14.4. The van der Waals surface area contributed by atoms with E-state index >= 15 is 0 Å². The highest BCUT2D eigenvalue weighted by molar-refractivity contribution is 5.95. The van der Waals surface area contributed by atoms with E-state index in [4.69, 9.17) is 4.74 Å². The number of urea groups is 1. The van der Waals surface area contributed by atoms with Gasteiger partial charge in [0.25, 0.3) is 0 Å². The number of amides is 2. The second-order valence-corrected chi connectivity index (χ2v) is 5.92. The van der Waals surface area contributed by atoms with E-state index in [-0.39, 0.29) is 12.0 Å². The number of rotatable bonds is 6. The molecule has 5 heteroatoms. The monoisotopic (exact) mass is 338 g/mol. The summed E-state index contributed by atoms with van der Waals surface area (Å²) < 4.78 is 4.98. The number of esters is 1. The average Bonchev–Trinajstić information content (AvgIpc) is 3.02. The highest BCUT2D eigenvalue weighted by Gasteiger charge is 2.29. The summed E-state index contributed by atoms with van der Waals surface area (Å²) in [6, 6.07) is 17.2. The van der Waals surface area contributed by atoms with Crippen molar-refractivity contribution in [1.82, 2.24) is 4.90 Å². The number of anilines is 1. The van der Waals surface area contributed by atoms with Gasteiger partial charge in [0, 0.05) is 25.3 Å². The average molecular weight is 338 g/mol. The van der Waals surface area contributed by atoms with Gasteiger partial charge in [-0.3, -0.25) is 4.90 Å². The maximum atomic E-state index is 12.6. The lowest BCUT2D eigenvalue weighted by atomic mass is 10.1. The molecule has 1 heterocycles. The van der Waals surface area contributed by atoms with E-state index in [2.05, 4.69) is 12.1 Å². The molecule has 0 unspecified atom stereocenters. The Morgan fingerprint density at radius 3 is 2.44 bits per heavy atom. The molecular weight excluding hydrogens is 316 g/mol. The van der Waals surface area contributed by atoms with Gasteiger partial charge < -0.3 is 9.64 Å². The minimum atomic E-state index is -0.341. The summed E-state index contributed by atoms with van der Waals surface area (Å²) >= 11 is 0. The van der Waals surface area contributed by atoms with Gasteiger partial charge in [-0.05, 0) is 43.2 Å².